The number of aromatic nitrogens is 3. The molecule has 1 aromatic heterocycles. The Labute approximate surface area is 195 Å². The minimum atomic E-state index is -3.56. The molecule has 0 unspecified atom stereocenters. The molecule has 10 heteroatoms. The first-order valence-corrected chi connectivity index (χ1v) is 12.4. The van der Waals surface area contributed by atoms with E-state index >= 15 is 0 Å². The third-order valence-corrected chi connectivity index (χ3v) is 7.83. The van der Waals surface area contributed by atoms with Crippen LogP contribution >= 0.6 is 22.6 Å². The minimum Gasteiger partial charge on any atom is -0.335 e. The SMILES string of the molecule is Cc1ccc(S(=O)(=O)N2CCN(C(=O)c3cn(Cc4ccc(I)cc4)nn3)CC2)cc1. The van der Waals surface area contributed by atoms with Gasteiger partial charge < -0.3 is 4.90 Å². The van der Waals surface area contributed by atoms with E-state index in [1.54, 1.807) is 40.0 Å². The molecule has 1 aliphatic heterocycles. The van der Waals surface area contributed by atoms with Gasteiger partial charge in [0.2, 0.25) is 10.0 Å². The summed E-state index contributed by atoms with van der Waals surface area (Å²) in [7, 11) is -3.56. The number of hydrogen-bond acceptors (Lipinski definition) is 5. The number of halogens is 1. The van der Waals surface area contributed by atoms with E-state index in [0.29, 0.717) is 19.6 Å². The van der Waals surface area contributed by atoms with E-state index < -0.39 is 10.0 Å². The summed E-state index contributed by atoms with van der Waals surface area (Å²) in [6.07, 6.45) is 1.63. The fraction of sp³-hybridized carbons (Fsp3) is 0.286. The zero-order valence-corrected chi connectivity index (χ0v) is 20.0. The van der Waals surface area contributed by atoms with Crippen LogP contribution in [0.5, 0.6) is 0 Å². The van der Waals surface area contributed by atoms with Gasteiger partial charge in [0.25, 0.3) is 5.91 Å². The Bertz CT molecular complexity index is 1170. The summed E-state index contributed by atoms with van der Waals surface area (Å²) in [6, 6.07) is 14.9. The van der Waals surface area contributed by atoms with Gasteiger partial charge in [-0.2, -0.15) is 4.31 Å². The Morgan fingerprint density at radius 1 is 1.00 bits per heavy atom. The molecular weight excluding hydrogens is 529 g/mol. The number of hydrogen-bond donors (Lipinski definition) is 0. The third-order valence-electron chi connectivity index (χ3n) is 5.20. The molecule has 1 aliphatic rings. The maximum absolute atomic E-state index is 12.8. The first kappa shape index (κ1) is 21.9. The molecule has 31 heavy (non-hydrogen) atoms. The zero-order chi connectivity index (χ0) is 22.0. The van der Waals surface area contributed by atoms with Crippen molar-refractivity contribution in [2.24, 2.45) is 0 Å². The molecule has 0 N–H and O–H groups in total. The zero-order valence-electron chi connectivity index (χ0n) is 17.0. The number of rotatable bonds is 5. The molecule has 1 saturated heterocycles. The lowest BCUT2D eigenvalue weighted by molar-refractivity contribution is 0.0692. The highest BCUT2D eigenvalue weighted by atomic mass is 127. The average Bonchev–Trinajstić information content (AvgIpc) is 3.24. The van der Waals surface area contributed by atoms with Gasteiger partial charge in [0, 0.05) is 29.7 Å². The van der Waals surface area contributed by atoms with Gasteiger partial charge in [0.1, 0.15) is 0 Å². The average molecular weight is 551 g/mol. The number of nitrogens with zero attached hydrogens (tertiary/aromatic N) is 5. The van der Waals surface area contributed by atoms with E-state index in [9.17, 15) is 13.2 Å². The molecule has 0 saturated carbocycles. The van der Waals surface area contributed by atoms with Crippen LogP contribution < -0.4 is 0 Å². The number of amides is 1. The van der Waals surface area contributed by atoms with Crippen LogP contribution in [0.3, 0.4) is 0 Å². The number of sulfonamides is 1. The van der Waals surface area contributed by atoms with Gasteiger partial charge in [-0.05, 0) is 59.3 Å². The van der Waals surface area contributed by atoms with Gasteiger partial charge in [0.05, 0.1) is 17.6 Å². The van der Waals surface area contributed by atoms with E-state index in [1.807, 2.05) is 31.2 Å². The number of benzene rings is 2. The molecule has 2 aromatic carbocycles. The second-order valence-electron chi connectivity index (χ2n) is 7.44. The van der Waals surface area contributed by atoms with Crippen LogP contribution in [0.4, 0.5) is 0 Å². The van der Waals surface area contributed by atoms with Crippen molar-refractivity contribution in [1.29, 1.82) is 0 Å². The Morgan fingerprint density at radius 3 is 2.29 bits per heavy atom. The molecule has 0 radical (unpaired) electrons. The van der Waals surface area contributed by atoms with Crippen LogP contribution in [0, 0.1) is 10.5 Å². The largest absolute Gasteiger partial charge is 0.335 e. The standard InChI is InChI=1S/C21H22IN5O3S/c1-16-2-8-19(9-3-16)31(29,30)27-12-10-25(11-13-27)21(28)20-15-26(24-23-20)14-17-4-6-18(22)7-5-17/h2-9,15H,10-14H2,1H3. The Kier molecular flexibility index (Phi) is 6.39. The summed E-state index contributed by atoms with van der Waals surface area (Å²) in [5, 5.41) is 8.08. The molecule has 1 fully saturated rings. The van der Waals surface area contributed by atoms with Gasteiger partial charge in [-0.15, -0.1) is 5.10 Å². The maximum Gasteiger partial charge on any atom is 0.276 e. The predicted molar refractivity (Wildman–Crippen MR) is 124 cm³/mol. The molecular formula is C21H22IN5O3S. The van der Waals surface area contributed by atoms with Crippen molar-refractivity contribution < 1.29 is 13.2 Å². The molecule has 8 nitrogen and oxygen atoms in total. The number of piperazine rings is 1. The third kappa shape index (κ3) is 4.96. The quantitative estimate of drug-likeness (QED) is 0.455. The fourth-order valence-corrected chi connectivity index (χ4v) is 5.19. The van der Waals surface area contributed by atoms with Crippen molar-refractivity contribution in [3.63, 3.8) is 0 Å². The van der Waals surface area contributed by atoms with Crippen molar-refractivity contribution >= 4 is 38.5 Å². The lowest BCUT2D eigenvalue weighted by Crippen LogP contribution is -2.50. The lowest BCUT2D eigenvalue weighted by atomic mass is 10.2. The monoisotopic (exact) mass is 551 g/mol. The molecule has 0 bridgehead atoms. The first-order valence-electron chi connectivity index (χ1n) is 9.83. The predicted octanol–water partition coefficient (Wildman–Crippen LogP) is 2.39. The van der Waals surface area contributed by atoms with Crippen molar-refractivity contribution in [1.82, 2.24) is 24.2 Å². The van der Waals surface area contributed by atoms with E-state index in [2.05, 4.69) is 32.9 Å². The minimum absolute atomic E-state index is 0.235. The molecule has 3 aromatic rings. The van der Waals surface area contributed by atoms with Crippen molar-refractivity contribution in [3.05, 3.63) is 75.1 Å². The van der Waals surface area contributed by atoms with E-state index in [1.165, 1.54) is 4.31 Å². The maximum atomic E-state index is 12.8. The van der Waals surface area contributed by atoms with Gasteiger partial charge in [-0.1, -0.05) is 35.0 Å². The molecule has 0 spiro atoms. The topological polar surface area (TPSA) is 88.4 Å². The summed E-state index contributed by atoms with van der Waals surface area (Å²) in [5.41, 5.74) is 2.34. The van der Waals surface area contributed by atoms with Crippen molar-refractivity contribution in [3.8, 4) is 0 Å². The molecule has 1 amide bonds. The van der Waals surface area contributed by atoms with Crippen molar-refractivity contribution in [2.75, 3.05) is 26.2 Å². The molecule has 0 atom stereocenters. The van der Waals surface area contributed by atoms with Crippen molar-refractivity contribution in [2.45, 2.75) is 18.4 Å². The summed E-state index contributed by atoms with van der Waals surface area (Å²) < 4.78 is 29.9. The van der Waals surface area contributed by atoms with Gasteiger partial charge in [0.15, 0.2) is 5.69 Å². The number of carbonyl (C=O) groups excluding carboxylic acids is 1. The normalized spacial score (nSPS) is 15.2. The second kappa shape index (κ2) is 9.05. The summed E-state index contributed by atoms with van der Waals surface area (Å²) >= 11 is 2.25. The molecule has 4 rings (SSSR count). The van der Waals surface area contributed by atoms with E-state index in [-0.39, 0.29) is 29.6 Å². The van der Waals surface area contributed by atoms with Gasteiger partial charge in [-0.25, -0.2) is 13.1 Å². The van der Waals surface area contributed by atoms with E-state index in [4.69, 9.17) is 0 Å². The highest BCUT2D eigenvalue weighted by Gasteiger charge is 2.31. The van der Waals surface area contributed by atoms with E-state index in [0.717, 1.165) is 14.7 Å². The summed E-state index contributed by atoms with van der Waals surface area (Å²) in [5.74, 6) is -0.235. The highest BCUT2D eigenvalue weighted by molar-refractivity contribution is 14.1. The Morgan fingerprint density at radius 2 is 1.65 bits per heavy atom. The fourth-order valence-electron chi connectivity index (χ4n) is 3.40. The van der Waals surface area contributed by atoms with Gasteiger partial charge in [-0.3, -0.25) is 4.79 Å². The molecule has 162 valence electrons. The van der Waals surface area contributed by atoms with Crippen LogP contribution in [0.2, 0.25) is 0 Å². The number of aryl methyl sites for hydroxylation is 1. The molecule has 2 heterocycles. The van der Waals surface area contributed by atoms with Crippen LogP contribution in [-0.2, 0) is 16.6 Å². The van der Waals surface area contributed by atoms with Crippen LogP contribution in [0.15, 0.2) is 59.6 Å². The van der Waals surface area contributed by atoms with Crippen LogP contribution in [0.25, 0.3) is 0 Å². The summed E-state index contributed by atoms with van der Waals surface area (Å²) in [4.78, 5) is 14.7. The Hall–Kier alpha value is -2.31. The van der Waals surface area contributed by atoms with Crippen LogP contribution in [0.1, 0.15) is 21.6 Å². The Balaban J connectivity index is 1.38. The van der Waals surface area contributed by atoms with Gasteiger partial charge >= 0.3 is 0 Å². The highest BCUT2D eigenvalue weighted by Crippen LogP contribution is 2.19. The first-order chi connectivity index (χ1) is 14.8. The summed E-state index contributed by atoms with van der Waals surface area (Å²) in [6.45, 7) is 3.57. The number of carbonyl (C=O) groups is 1. The second-order valence-corrected chi connectivity index (χ2v) is 10.6. The van der Waals surface area contributed by atoms with Crippen LogP contribution in [-0.4, -0.2) is 64.7 Å². The smallest absolute Gasteiger partial charge is 0.276 e. The lowest BCUT2D eigenvalue weighted by Gasteiger charge is -2.33. The molecule has 0 aliphatic carbocycles.